The average Bonchev–Trinajstić information content (AvgIpc) is 3.00. The standard InChI is InChI=1S/C16H20N2O5/c1-11-13(7-4-8-14(11)18(21)22)17-15(19)10-23-16(20)9-12-5-2-3-6-12/h4,7-8,12H,2-3,5-6,9-10H2,1H3,(H,17,19). The van der Waals surface area contributed by atoms with Crippen LogP contribution < -0.4 is 5.32 Å². The smallest absolute Gasteiger partial charge is 0.306 e. The van der Waals surface area contributed by atoms with Gasteiger partial charge in [0.05, 0.1) is 16.2 Å². The first-order chi connectivity index (χ1) is 11.0. The van der Waals surface area contributed by atoms with Gasteiger partial charge in [0.15, 0.2) is 6.61 Å². The number of carbonyl (C=O) groups is 2. The number of nitrogens with zero attached hydrogens (tertiary/aromatic N) is 1. The number of nitrogens with one attached hydrogen (secondary N) is 1. The van der Waals surface area contributed by atoms with Gasteiger partial charge >= 0.3 is 5.97 Å². The van der Waals surface area contributed by atoms with Crippen molar-refractivity contribution < 1.29 is 19.2 Å². The van der Waals surface area contributed by atoms with Gasteiger partial charge in [0, 0.05) is 12.5 Å². The second-order valence-electron chi connectivity index (χ2n) is 5.77. The van der Waals surface area contributed by atoms with Crippen LogP contribution in [0.1, 0.15) is 37.7 Å². The van der Waals surface area contributed by atoms with Crippen LogP contribution in [0.2, 0.25) is 0 Å². The fraction of sp³-hybridized carbons (Fsp3) is 0.500. The minimum atomic E-state index is -0.507. The van der Waals surface area contributed by atoms with Gasteiger partial charge in [-0.05, 0) is 31.7 Å². The molecule has 1 N–H and O–H groups in total. The highest BCUT2D eigenvalue weighted by Crippen LogP contribution is 2.28. The number of anilines is 1. The van der Waals surface area contributed by atoms with Gasteiger partial charge in [-0.15, -0.1) is 0 Å². The van der Waals surface area contributed by atoms with E-state index in [-0.39, 0.29) is 18.3 Å². The highest BCUT2D eigenvalue weighted by Gasteiger charge is 2.20. The molecule has 0 bridgehead atoms. The first kappa shape index (κ1) is 16.9. The van der Waals surface area contributed by atoms with Crippen molar-refractivity contribution in [3.8, 4) is 0 Å². The lowest BCUT2D eigenvalue weighted by Crippen LogP contribution is -2.22. The van der Waals surface area contributed by atoms with E-state index in [2.05, 4.69) is 5.32 Å². The third-order valence-corrected chi connectivity index (χ3v) is 4.07. The van der Waals surface area contributed by atoms with E-state index in [4.69, 9.17) is 4.74 Å². The lowest BCUT2D eigenvalue weighted by atomic mass is 10.0. The molecule has 0 aliphatic heterocycles. The highest BCUT2D eigenvalue weighted by molar-refractivity contribution is 5.94. The summed E-state index contributed by atoms with van der Waals surface area (Å²) in [7, 11) is 0. The van der Waals surface area contributed by atoms with Gasteiger partial charge in [-0.2, -0.15) is 0 Å². The second kappa shape index (κ2) is 7.71. The third kappa shape index (κ3) is 4.77. The summed E-state index contributed by atoms with van der Waals surface area (Å²) in [6, 6.07) is 4.43. The zero-order valence-corrected chi connectivity index (χ0v) is 13.0. The fourth-order valence-corrected chi connectivity index (χ4v) is 2.80. The van der Waals surface area contributed by atoms with E-state index < -0.39 is 10.8 Å². The molecule has 1 aliphatic carbocycles. The van der Waals surface area contributed by atoms with Crippen LogP contribution in [0.25, 0.3) is 0 Å². The molecule has 1 aromatic carbocycles. The maximum Gasteiger partial charge on any atom is 0.306 e. The molecule has 1 saturated carbocycles. The van der Waals surface area contributed by atoms with Crippen LogP contribution in [-0.4, -0.2) is 23.4 Å². The van der Waals surface area contributed by atoms with Gasteiger partial charge in [0.2, 0.25) is 0 Å². The SMILES string of the molecule is Cc1c(NC(=O)COC(=O)CC2CCCC2)cccc1[N+](=O)[O-]. The van der Waals surface area contributed by atoms with Crippen LogP contribution in [0.5, 0.6) is 0 Å². The Labute approximate surface area is 134 Å². The van der Waals surface area contributed by atoms with E-state index in [0.29, 0.717) is 23.6 Å². The van der Waals surface area contributed by atoms with Crippen molar-refractivity contribution in [3.63, 3.8) is 0 Å². The van der Waals surface area contributed by atoms with Gasteiger partial charge in [0.1, 0.15) is 0 Å². The van der Waals surface area contributed by atoms with Crippen LogP contribution >= 0.6 is 0 Å². The van der Waals surface area contributed by atoms with Gasteiger partial charge < -0.3 is 10.1 Å². The van der Waals surface area contributed by atoms with Gasteiger partial charge in [-0.25, -0.2) is 0 Å². The van der Waals surface area contributed by atoms with E-state index in [1.807, 2.05) is 0 Å². The largest absolute Gasteiger partial charge is 0.456 e. The predicted molar refractivity (Wildman–Crippen MR) is 84.0 cm³/mol. The van der Waals surface area contributed by atoms with E-state index >= 15 is 0 Å². The summed E-state index contributed by atoms with van der Waals surface area (Å²) in [5, 5.41) is 13.4. The summed E-state index contributed by atoms with van der Waals surface area (Å²) in [5.41, 5.74) is 0.639. The molecule has 23 heavy (non-hydrogen) atoms. The van der Waals surface area contributed by atoms with Gasteiger partial charge in [0.25, 0.3) is 11.6 Å². The van der Waals surface area contributed by atoms with Gasteiger partial charge in [-0.1, -0.05) is 18.9 Å². The molecule has 0 heterocycles. The Morgan fingerprint density at radius 2 is 2.04 bits per heavy atom. The molecule has 2 rings (SSSR count). The molecule has 1 amide bonds. The van der Waals surface area contributed by atoms with Crippen LogP contribution in [0.15, 0.2) is 18.2 Å². The Hall–Kier alpha value is -2.44. The van der Waals surface area contributed by atoms with Crippen LogP contribution in [-0.2, 0) is 14.3 Å². The summed E-state index contributed by atoms with van der Waals surface area (Å²) in [5.74, 6) is -0.513. The van der Waals surface area contributed by atoms with Crippen molar-refractivity contribution in [2.24, 2.45) is 5.92 Å². The predicted octanol–water partition coefficient (Wildman–Crippen LogP) is 2.97. The molecule has 124 valence electrons. The fourth-order valence-electron chi connectivity index (χ4n) is 2.80. The Morgan fingerprint density at radius 1 is 1.35 bits per heavy atom. The molecular formula is C16H20N2O5. The number of nitro groups is 1. The highest BCUT2D eigenvalue weighted by atomic mass is 16.6. The van der Waals surface area contributed by atoms with Gasteiger partial charge in [-0.3, -0.25) is 19.7 Å². The Morgan fingerprint density at radius 3 is 2.70 bits per heavy atom. The van der Waals surface area contributed by atoms with E-state index in [0.717, 1.165) is 25.7 Å². The summed E-state index contributed by atoms with van der Waals surface area (Å²) in [4.78, 5) is 33.9. The number of hydrogen-bond acceptors (Lipinski definition) is 5. The molecule has 1 aromatic rings. The normalized spacial score (nSPS) is 14.5. The molecule has 0 radical (unpaired) electrons. The monoisotopic (exact) mass is 320 g/mol. The van der Waals surface area contributed by atoms with Crippen molar-refractivity contribution in [2.45, 2.75) is 39.0 Å². The maximum atomic E-state index is 11.8. The van der Waals surface area contributed by atoms with Crippen molar-refractivity contribution in [1.82, 2.24) is 0 Å². The molecule has 7 heteroatoms. The lowest BCUT2D eigenvalue weighted by Gasteiger charge is -2.10. The number of rotatable bonds is 6. The summed E-state index contributed by atoms with van der Waals surface area (Å²) < 4.78 is 4.97. The molecule has 0 aromatic heterocycles. The third-order valence-electron chi connectivity index (χ3n) is 4.07. The number of amides is 1. The van der Waals surface area contributed by atoms with E-state index in [1.165, 1.54) is 12.1 Å². The first-order valence-corrected chi connectivity index (χ1v) is 7.67. The second-order valence-corrected chi connectivity index (χ2v) is 5.77. The Bertz CT molecular complexity index is 608. The van der Waals surface area contributed by atoms with Crippen LogP contribution in [0, 0.1) is 23.0 Å². The zero-order valence-electron chi connectivity index (χ0n) is 13.0. The number of carbonyl (C=O) groups excluding carboxylic acids is 2. The summed E-state index contributed by atoms with van der Waals surface area (Å²) in [6.07, 6.45) is 4.71. The topological polar surface area (TPSA) is 98.5 Å². The van der Waals surface area contributed by atoms with Crippen molar-refractivity contribution in [2.75, 3.05) is 11.9 Å². The minimum absolute atomic E-state index is 0.0685. The minimum Gasteiger partial charge on any atom is -0.456 e. The zero-order chi connectivity index (χ0) is 16.8. The molecule has 0 spiro atoms. The number of hydrogen-bond donors (Lipinski definition) is 1. The van der Waals surface area contributed by atoms with Crippen molar-refractivity contribution >= 4 is 23.3 Å². The van der Waals surface area contributed by atoms with E-state index in [1.54, 1.807) is 13.0 Å². The molecule has 1 aliphatic rings. The average molecular weight is 320 g/mol. The van der Waals surface area contributed by atoms with Crippen molar-refractivity contribution in [1.29, 1.82) is 0 Å². The number of esters is 1. The molecule has 1 fully saturated rings. The maximum absolute atomic E-state index is 11.8. The molecule has 0 atom stereocenters. The van der Waals surface area contributed by atoms with Crippen molar-refractivity contribution in [3.05, 3.63) is 33.9 Å². The Kier molecular flexibility index (Phi) is 5.67. The molecule has 0 saturated heterocycles. The molecule has 7 nitrogen and oxygen atoms in total. The first-order valence-electron chi connectivity index (χ1n) is 7.67. The van der Waals surface area contributed by atoms with Crippen LogP contribution in [0.3, 0.4) is 0 Å². The molecular weight excluding hydrogens is 300 g/mol. The number of benzene rings is 1. The number of ether oxygens (including phenoxy) is 1. The van der Waals surface area contributed by atoms with E-state index in [9.17, 15) is 19.7 Å². The Balaban J connectivity index is 1.84. The summed E-state index contributed by atoms with van der Waals surface area (Å²) >= 11 is 0. The van der Waals surface area contributed by atoms with Crippen LogP contribution in [0.4, 0.5) is 11.4 Å². The number of nitro benzene ring substituents is 1. The quantitative estimate of drug-likeness (QED) is 0.493. The molecule has 0 unspecified atom stereocenters. The summed E-state index contributed by atoms with van der Waals surface area (Å²) in [6.45, 7) is 1.17. The lowest BCUT2D eigenvalue weighted by molar-refractivity contribution is -0.385.